The highest BCUT2D eigenvalue weighted by Gasteiger charge is 2.25. The number of allylic oxidation sites excluding steroid dienone is 4. The van der Waals surface area contributed by atoms with Gasteiger partial charge in [0.15, 0.2) is 6.10 Å². The van der Waals surface area contributed by atoms with Crippen molar-refractivity contribution >= 4 is 17.7 Å². The van der Waals surface area contributed by atoms with Crippen LogP contribution in [0.1, 0.15) is 111 Å². The predicted octanol–water partition coefficient (Wildman–Crippen LogP) is 5.12. The molecule has 0 aromatic carbocycles. The number of methoxy groups -OCH3 is 1. The van der Waals surface area contributed by atoms with Gasteiger partial charge in [0.25, 0.3) is 5.91 Å². The molecule has 0 aromatic heterocycles. The number of ether oxygens (including phenoxy) is 2. The molecule has 1 aliphatic heterocycles. The molecule has 0 fully saturated rings. The number of cyclic esters (lactones) is 1. The first kappa shape index (κ1) is 39.7. The smallest absolute Gasteiger partial charge is 0.334 e. The molecule has 9 nitrogen and oxygen atoms in total. The molecular weight excluding hydrogens is 562 g/mol. The summed E-state index contributed by atoms with van der Waals surface area (Å²) in [4.78, 5) is 38.0. The lowest BCUT2D eigenvalue weighted by Gasteiger charge is -2.22. The molecular formula is C35H59NO8. The molecule has 4 N–H and O–H groups in total. The number of hydrogen-bond acceptors (Lipinski definition) is 8. The monoisotopic (exact) mass is 621 g/mol. The molecule has 1 rings (SSSR count). The van der Waals surface area contributed by atoms with Crippen LogP contribution in [-0.2, 0) is 23.9 Å². The van der Waals surface area contributed by atoms with Gasteiger partial charge < -0.3 is 30.1 Å². The van der Waals surface area contributed by atoms with Crippen LogP contribution in [0.4, 0.5) is 0 Å². The van der Waals surface area contributed by atoms with E-state index in [0.717, 1.165) is 44.1 Å². The molecule has 6 atom stereocenters. The van der Waals surface area contributed by atoms with Crippen LogP contribution >= 0.6 is 0 Å². The van der Waals surface area contributed by atoms with Crippen LogP contribution in [0.5, 0.6) is 0 Å². The van der Waals surface area contributed by atoms with Crippen molar-refractivity contribution in [2.45, 2.75) is 136 Å². The van der Waals surface area contributed by atoms with Crippen molar-refractivity contribution in [1.29, 1.82) is 0 Å². The summed E-state index contributed by atoms with van der Waals surface area (Å²) in [6, 6.07) is 0. The number of nitrogens with one attached hydrogen (secondary N) is 1. The standard InChI is InChI=1S/C35H59NO8/c1-6-12-33-34(41)36-23-30(38)22-32(40)31(39)20-19-28(24-43-5)16-10-14-27(7-2)15-11-18-29(37)17-9-8-13-25(3)21-26(4)35(42)44-33/h10,14,16,21,25,27,30-33,38-40H,6-9,11-13,15,17-20,22-24H2,1-5H3,(H,36,41). The Hall–Kier alpha value is -2.33. The van der Waals surface area contributed by atoms with Gasteiger partial charge in [-0.3, -0.25) is 9.59 Å². The quantitative estimate of drug-likeness (QED) is 0.310. The molecule has 0 aromatic rings. The first-order chi connectivity index (χ1) is 21.0. The van der Waals surface area contributed by atoms with E-state index in [9.17, 15) is 29.7 Å². The van der Waals surface area contributed by atoms with E-state index >= 15 is 0 Å². The minimum Gasteiger partial charge on any atom is -0.449 e. The topological polar surface area (TPSA) is 142 Å². The van der Waals surface area contributed by atoms with Gasteiger partial charge >= 0.3 is 5.97 Å². The summed E-state index contributed by atoms with van der Waals surface area (Å²) in [5.74, 6) is -0.300. The van der Waals surface area contributed by atoms with Crippen LogP contribution in [0.25, 0.3) is 0 Å². The zero-order valence-corrected chi connectivity index (χ0v) is 27.8. The zero-order valence-electron chi connectivity index (χ0n) is 27.8. The average Bonchev–Trinajstić information content (AvgIpc) is 2.98. The van der Waals surface area contributed by atoms with Crippen molar-refractivity contribution in [2.24, 2.45) is 11.8 Å². The number of aliphatic hydroxyl groups excluding tert-OH is 3. The third-order valence-corrected chi connectivity index (χ3v) is 8.14. The van der Waals surface area contributed by atoms with E-state index in [4.69, 9.17) is 9.47 Å². The fourth-order valence-electron chi connectivity index (χ4n) is 5.33. The van der Waals surface area contributed by atoms with Crippen molar-refractivity contribution in [3.05, 3.63) is 35.5 Å². The number of aliphatic hydroxyl groups is 3. The lowest BCUT2D eigenvalue weighted by molar-refractivity contribution is -0.152. The van der Waals surface area contributed by atoms with Crippen molar-refractivity contribution in [3.8, 4) is 0 Å². The van der Waals surface area contributed by atoms with Crippen LogP contribution in [-0.4, -0.2) is 77.7 Å². The van der Waals surface area contributed by atoms with Crippen molar-refractivity contribution < 1.29 is 39.2 Å². The molecule has 0 spiro atoms. The molecule has 0 bridgehead atoms. The number of β-amino-alcohol motifs (C(OH)–C–C–N with tert-alkyl or cyclic N) is 1. The molecule has 44 heavy (non-hydrogen) atoms. The normalized spacial score (nSPS) is 29.0. The minimum atomic E-state index is -1.18. The molecule has 0 radical (unpaired) electrons. The van der Waals surface area contributed by atoms with Crippen LogP contribution in [0.15, 0.2) is 35.5 Å². The molecule has 6 unspecified atom stereocenters. The molecule has 1 aliphatic rings. The highest BCUT2D eigenvalue weighted by Crippen LogP contribution is 2.19. The van der Waals surface area contributed by atoms with E-state index < -0.39 is 36.3 Å². The third kappa shape index (κ3) is 17.2. The lowest BCUT2D eigenvalue weighted by atomic mass is 9.95. The molecule has 0 aliphatic carbocycles. The van der Waals surface area contributed by atoms with E-state index in [1.807, 2.05) is 32.1 Å². The van der Waals surface area contributed by atoms with E-state index in [2.05, 4.69) is 18.3 Å². The Balaban J connectivity index is 3.00. The fourth-order valence-corrected chi connectivity index (χ4v) is 5.33. The third-order valence-electron chi connectivity index (χ3n) is 8.14. The van der Waals surface area contributed by atoms with E-state index in [1.54, 1.807) is 14.0 Å². The van der Waals surface area contributed by atoms with E-state index in [-0.39, 0.29) is 31.1 Å². The Kier molecular flexibility index (Phi) is 20.8. The Morgan fingerprint density at radius 2 is 1.70 bits per heavy atom. The molecule has 0 saturated carbocycles. The zero-order chi connectivity index (χ0) is 32.9. The number of esters is 1. The SMILES string of the molecule is CCCC1OC(=O)C(C)=CC(C)CCCCC(=O)CCCC(CC)C=CC=C(COC)CCC(O)C(O)CC(O)CNC1=O. The van der Waals surface area contributed by atoms with Gasteiger partial charge in [-0.2, -0.15) is 0 Å². The van der Waals surface area contributed by atoms with Gasteiger partial charge in [-0.15, -0.1) is 0 Å². The van der Waals surface area contributed by atoms with Gasteiger partial charge in [0.1, 0.15) is 5.78 Å². The summed E-state index contributed by atoms with van der Waals surface area (Å²) >= 11 is 0. The predicted molar refractivity (Wildman–Crippen MR) is 173 cm³/mol. The summed E-state index contributed by atoms with van der Waals surface area (Å²) in [7, 11) is 1.61. The van der Waals surface area contributed by atoms with Gasteiger partial charge in [0.05, 0.1) is 24.9 Å². The molecule has 9 heteroatoms. The second-order valence-electron chi connectivity index (χ2n) is 12.3. The number of rotatable bonds is 5. The summed E-state index contributed by atoms with van der Waals surface area (Å²) in [5, 5.41) is 34.1. The van der Waals surface area contributed by atoms with Crippen molar-refractivity contribution in [1.82, 2.24) is 5.32 Å². The Morgan fingerprint density at radius 3 is 2.39 bits per heavy atom. The second kappa shape index (κ2) is 23.1. The summed E-state index contributed by atoms with van der Waals surface area (Å²) < 4.78 is 10.8. The van der Waals surface area contributed by atoms with Crippen LogP contribution in [0.3, 0.4) is 0 Å². The summed E-state index contributed by atoms with van der Waals surface area (Å²) in [6.45, 7) is 7.96. The largest absolute Gasteiger partial charge is 0.449 e. The van der Waals surface area contributed by atoms with Crippen LogP contribution in [0, 0.1) is 11.8 Å². The number of ketones is 1. The molecule has 1 heterocycles. The first-order valence-electron chi connectivity index (χ1n) is 16.6. The Morgan fingerprint density at radius 1 is 0.977 bits per heavy atom. The minimum absolute atomic E-state index is 0.121. The number of carbonyl (C=O) groups is 3. The second-order valence-corrected chi connectivity index (χ2v) is 12.3. The van der Waals surface area contributed by atoms with E-state index in [0.29, 0.717) is 50.2 Å². The maximum absolute atomic E-state index is 12.8. The summed E-state index contributed by atoms with van der Waals surface area (Å²) in [6.07, 6.45) is 11.7. The maximum atomic E-state index is 12.8. The van der Waals surface area contributed by atoms with Gasteiger partial charge in [-0.05, 0) is 75.7 Å². The van der Waals surface area contributed by atoms with Gasteiger partial charge in [-0.1, -0.05) is 57.9 Å². The molecule has 1 amide bonds. The van der Waals surface area contributed by atoms with Gasteiger partial charge in [-0.25, -0.2) is 4.79 Å². The van der Waals surface area contributed by atoms with Gasteiger partial charge in [0.2, 0.25) is 0 Å². The number of carbonyl (C=O) groups excluding carboxylic acids is 3. The van der Waals surface area contributed by atoms with Gasteiger partial charge in [0, 0.05) is 38.5 Å². The number of Topliss-reactive ketones (excluding diaryl/α,β-unsaturated/α-hetero) is 1. The van der Waals surface area contributed by atoms with Crippen LogP contribution in [0.2, 0.25) is 0 Å². The maximum Gasteiger partial charge on any atom is 0.334 e. The fraction of sp³-hybridized carbons (Fsp3) is 0.743. The first-order valence-corrected chi connectivity index (χ1v) is 16.6. The summed E-state index contributed by atoms with van der Waals surface area (Å²) in [5.41, 5.74) is 1.40. The van der Waals surface area contributed by atoms with E-state index in [1.165, 1.54) is 0 Å². The highest BCUT2D eigenvalue weighted by molar-refractivity contribution is 5.91. The molecule has 252 valence electrons. The number of hydrogen-bond donors (Lipinski definition) is 4. The van der Waals surface area contributed by atoms with Crippen LogP contribution < -0.4 is 5.32 Å². The Labute approximate surface area is 265 Å². The Bertz CT molecular complexity index is 943. The lowest BCUT2D eigenvalue weighted by Crippen LogP contribution is -2.42. The highest BCUT2D eigenvalue weighted by atomic mass is 16.5. The van der Waals surface area contributed by atoms with Crippen molar-refractivity contribution in [3.63, 3.8) is 0 Å². The van der Waals surface area contributed by atoms with Crippen molar-refractivity contribution in [2.75, 3.05) is 20.3 Å². The average molecular weight is 622 g/mol. The number of amides is 1. The molecule has 0 saturated heterocycles.